The quantitative estimate of drug-likeness (QED) is 0.691. The summed E-state index contributed by atoms with van der Waals surface area (Å²) >= 11 is 0. The third kappa shape index (κ3) is 3.45. The Bertz CT molecular complexity index is 531. The van der Waals surface area contributed by atoms with Crippen LogP contribution in [0.1, 0.15) is 12.5 Å². The van der Waals surface area contributed by atoms with Crippen molar-refractivity contribution in [1.29, 1.82) is 0 Å². The van der Waals surface area contributed by atoms with Crippen LogP contribution >= 0.6 is 0 Å². The molecule has 0 aliphatic carbocycles. The minimum atomic E-state index is -1.02. The first kappa shape index (κ1) is 14.3. The smallest absolute Gasteiger partial charge is 0.326 e. The minimum absolute atomic E-state index is 0.281. The number of hydrogen-bond acceptors (Lipinski definition) is 3. The molecule has 1 atom stereocenters. The number of hydrogen-bond donors (Lipinski definition) is 3. The lowest BCUT2D eigenvalue weighted by molar-refractivity contribution is -0.141. The van der Waals surface area contributed by atoms with Crippen LogP contribution in [0, 0.1) is 0 Å². The topological polar surface area (TPSA) is 78.4 Å². The molecule has 1 aliphatic heterocycles. The van der Waals surface area contributed by atoms with Crippen molar-refractivity contribution in [2.24, 2.45) is 0 Å². The van der Waals surface area contributed by atoms with Crippen molar-refractivity contribution in [1.82, 2.24) is 10.6 Å². The average molecular weight is 274 g/mol. The summed E-state index contributed by atoms with van der Waals surface area (Å²) in [6.45, 7) is 3.14. The van der Waals surface area contributed by atoms with Gasteiger partial charge in [-0.1, -0.05) is 30.3 Å². The Balaban J connectivity index is 2.03. The van der Waals surface area contributed by atoms with Gasteiger partial charge in [-0.2, -0.15) is 0 Å². The third-order valence-corrected chi connectivity index (χ3v) is 3.43. The van der Waals surface area contributed by atoms with Crippen molar-refractivity contribution in [2.75, 3.05) is 13.1 Å². The van der Waals surface area contributed by atoms with Crippen LogP contribution in [0.5, 0.6) is 0 Å². The lowest BCUT2D eigenvalue weighted by atomic mass is 10.0. The lowest BCUT2D eigenvalue weighted by Crippen LogP contribution is -2.44. The van der Waals surface area contributed by atoms with E-state index >= 15 is 0 Å². The van der Waals surface area contributed by atoms with Crippen LogP contribution in [-0.4, -0.2) is 36.1 Å². The summed E-state index contributed by atoms with van der Waals surface area (Å²) in [4.78, 5) is 23.3. The van der Waals surface area contributed by atoms with E-state index in [0.29, 0.717) is 18.7 Å². The van der Waals surface area contributed by atoms with Gasteiger partial charge in [0.2, 0.25) is 5.91 Å². The molecule has 1 aromatic carbocycles. The third-order valence-electron chi connectivity index (χ3n) is 3.43. The van der Waals surface area contributed by atoms with E-state index in [1.165, 1.54) is 0 Å². The standard InChI is InChI=1S/C15H18N2O3/c1-10(12-8-16-9-12)14(18)17-13(15(19)20)7-11-5-3-2-4-6-11/h2-6,13,16H,7-9H2,1H3,(H,17,18)(H,19,20). The van der Waals surface area contributed by atoms with Gasteiger partial charge >= 0.3 is 5.97 Å². The normalized spacial score (nSPS) is 15.2. The predicted molar refractivity (Wildman–Crippen MR) is 75.3 cm³/mol. The lowest BCUT2D eigenvalue weighted by Gasteiger charge is -2.22. The van der Waals surface area contributed by atoms with Crippen LogP contribution < -0.4 is 10.6 Å². The maximum Gasteiger partial charge on any atom is 0.326 e. The number of benzene rings is 1. The fourth-order valence-corrected chi connectivity index (χ4v) is 1.99. The summed E-state index contributed by atoms with van der Waals surface area (Å²) < 4.78 is 0. The van der Waals surface area contributed by atoms with Gasteiger partial charge in [-0.15, -0.1) is 0 Å². The second-order valence-electron chi connectivity index (χ2n) is 4.89. The molecule has 20 heavy (non-hydrogen) atoms. The van der Waals surface area contributed by atoms with Crippen LogP contribution in [0.25, 0.3) is 0 Å². The summed E-state index contributed by atoms with van der Waals surface area (Å²) in [6.07, 6.45) is 0.281. The number of carbonyl (C=O) groups is 2. The molecule has 5 heteroatoms. The maximum absolute atomic E-state index is 12.0. The zero-order valence-electron chi connectivity index (χ0n) is 11.3. The molecule has 1 heterocycles. The largest absolute Gasteiger partial charge is 0.480 e. The van der Waals surface area contributed by atoms with Gasteiger partial charge in [0.05, 0.1) is 0 Å². The van der Waals surface area contributed by atoms with Crippen molar-refractivity contribution in [3.63, 3.8) is 0 Å². The Morgan fingerprint density at radius 3 is 2.45 bits per heavy atom. The summed E-state index contributed by atoms with van der Waals surface area (Å²) in [7, 11) is 0. The molecule has 0 aromatic heterocycles. The van der Waals surface area contributed by atoms with Crippen LogP contribution in [0.2, 0.25) is 0 Å². The van der Waals surface area contributed by atoms with E-state index in [2.05, 4.69) is 10.6 Å². The zero-order valence-corrected chi connectivity index (χ0v) is 11.3. The fourth-order valence-electron chi connectivity index (χ4n) is 1.99. The molecule has 1 fully saturated rings. The Morgan fingerprint density at radius 2 is 1.95 bits per heavy atom. The number of aliphatic carboxylic acids is 1. The van der Waals surface area contributed by atoms with Crippen molar-refractivity contribution in [3.8, 4) is 0 Å². The molecule has 1 unspecified atom stereocenters. The second-order valence-corrected chi connectivity index (χ2v) is 4.89. The fraction of sp³-hybridized carbons (Fsp3) is 0.333. The number of carboxylic acid groups (broad SMARTS) is 1. The van der Waals surface area contributed by atoms with Gasteiger partial charge in [0.25, 0.3) is 0 Å². The Labute approximate surface area is 117 Å². The van der Waals surface area contributed by atoms with E-state index in [1.54, 1.807) is 6.92 Å². The Kier molecular flexibility index (Phi) is 4.53. The number of amides is 1. The molecule has 3 N–H and O–H groups in total. The first-order chi connectivity index (χ1) is 9.58. The van der Waals surface area contributed by atoms with E-state index in [9.17, 15) is 14.7 Å². The van der Waals surface area contributed by atoms with E-state index < -0.39 is 12.0 Å². The SMILES string of the molecule is CC(C(=O)NC(Cc1ccccc1)C(=O)O)=C1CNC1. The van der Waals surface area contributed by atoms with Crippen LogP contribution in [-0.2, 0) is 16.0 Å². The Hall–Kier alpha value is -2.14. The van der Waals surface area contributed by atoms with Crippen molar-refractivity contribution >= 4 is 11.9 Å². The van der Waals surface area contributed by atoms with Gasteiger partial charge in [-0.05, 0) is 18.1 Å². The molecule has 106 valence electrons. The van der Waals surface area contributed by atoms with E-state index in [0.717, 1.165) is 11.1 Å². The summed E-state index contributed by atoms with van der Waals surface area (Å²) in [6, 6.07) is 8.36. The van der Waals surface area contributed by atoms with Crippen LogP contribution in [0.4, 0.5) is 0 Å². The summed E-state index contributed by atoms with van der Waals surface area (Å²) in [5.41, 5.74) is 2.53. The zero-order chi connectivity index (χ0) is 14.5. The molecule has 1 aliphatic rings. The van der Waals surface area contributed by atoms with Gasteiger partial charge in [0, 0.05) is 25.1 Å². The highest BCUT2D eigenvalue weighted by atomic mass is 16.4. The number of carbonyl (C=O) groups excluding carboxylic acids is 1. The van der Waals surface area contributed by atoms with E-state index in [4.69, 9.17) is 0 Å². The van der Waals surface area contributed by atoms with Gasteiger partial charge in [-0.3, -0.25) is 4.79 Å². The van der Waals surface area contributed by atoms with Crippen molar-refractivity contribution < 1.29 is 14.7 Å². The highest BCUT2D eigenvalue weighted by Gasteiger charge is 2.23. The molecule has 0 bridgehead atoms. The van der Waals surface area contributed by atoms with Crippen molar-refractivity contribution in [2.45, 2.75) is 19.4 Å². The molecule has 0 radical (unpaired) electrons. The molecular weight excluding hydrogens is 256 g/mol. The molecule has 1 saturated heterocycles. The molecular formula is C15H18N2O3. The molecule has 0 saturated carbocycles. The number of carboxylic acids is 1. The Morgan fingerprint density at radius 1 is 1.30 bits per heavy atom. The second kappa shape index (κ2) is 6.34. The highest BCUT2D eigenvalue weighted by molar-refractivity contribution is 5.96. The van der Waals surface area contributed by atoms with Crippen molar-refractivity contribution in [3.05, 3.63) is 47.0 Å². The average Bonchev–Trinajstić information content (AvgIpc) is 2.36. The summed E-state index contributed by atoms with van der Waals surface area (Å²) in [5, 5.41) is 14.9. The summed E-state index contributed by atoms with van der Waals surface area (Å²) in [5.74, 6) is -1.32. The van der Waals surface area contributed by atoms with E-state index in [-0.39, 0.29) is 12.3 Å². The van der Waals surface area contributed by atoms with Gasteiger partial charge in [0.15, 0.2) is 0 Å². The monoisotopic (exact) mass is 274 g/mol. The van der Waals surface area contributed by atoms with Gasteiger partial charge < -0.3 is 15.7 Å². The minimum Gasteiger partial charge on any atom is -0.480 e. The van der Waals surface area contributed by atoms with Gasteiger partial charge in [-0.25, -0.2) is 4.79 Å². The highest BCUT2D eigenvalue weighted by Crippen LogP contribution is 2.10. The molecule has 0 spiro atoms. The number of nitrogens with one attached hydrogen (secondary N) is 2. The molecule has 1 amide bonds. The number of rotatable bonds is 5. The first-order valence-electron chi connectivity index (χ1n) is 6.55. The molecule has 5 nitrogen and oxygen atoms in total. The maximum atomic E-state index is 12.0. The first-order valence-corrected chi connectivity index (χ1v) is 6.55. The predicted octanol–water partition coefficient (Wildman–Crippen LogP) is 0.718. The molecule has 1 aromatic rings. The van der Waals surface area contributed by atoms with E-state index in [1.807, 2.05) is 30.3 Å². The van der Waals surface area contributed by atoms with Crippen LogP contribution in [0.15, 0.2) is 41.5 Å². The van der Waals surface area contributed by atoms with Crippen LogP contribution in [0.3, 0.4) is 0 Å². The van der Waals surface area contributed by atoms with Gasteiger partial charge in [0.1, 0.15) is 6.04 Å². The molecule has 2 rings (SSSR count).